The van der Waals surface area contributed by atoms with E-state index in [0.29, 0.717) is 6.04 Å². The molecule has 0 aliphatic heterocycles. The van der Waals surface area contributed by atoms with Crippen molar-refractivity contribution in [3.8, 4) is 0 Å². The van der Waals surface area contributed by atoms with Gasteiger partial charge in [-0.25, -0.2) is 0 Å². The summed E-state index contributed by atoms with van der Waals surface area (Å²) in [4.78, 5) is 0. The van der Waals surface area contributed by atoms with Crippen molar-refractivity contribution in [3.05, 3.63) is 34.9 Å². The average Bonchev–Trinajstić information content (AvgIpc) is 2.38. The largest absolute Gasteiger partial charge is 0.317 e. The molecular formula is C15H22ClN. The van der Waals surface area contributed by atoms with Gasteiger partial charge in [0.25, 0.3) is 0 Å². The van der Waals surface area contributed by atoms with Gasteiger partial charge in [-0.2, -0.15) is 0 Å². The topological polar surface area (TPSA) is 12.0 Å². The Kier molecular flexibility index (Phi) is 4.87. The highest BCUT2D eigenvalue weighted by Gasteiger charge is 2.23. The molecule has 1 aliphatic rings. The maximum absolute atomic E-state index is 6.20. The van der Waals surface area contributed by atoms with Gasteiger partial charge in [0.1, 0.15) is 0 Å². The van der Waals surface area contributed by atoms with Gasteiger partial charge < -0.3 is 5.32 Å². The summed E-state index contributed by atoms with van der Waals surface area (Å²) in [5.41, 5.74) is 1.30. The molecule has 2 atom stereocenters. The van der Waals surface area contributed by atoms with Gasteiger partial charge in [-0.05, 0) is 50.3 Å². The van der Waals surface area contributed by atoms with E-state index in [1.54, 1.807) is 0 Å². The first-order valence-corrected chi connectivity index (χ1v) is 7.09. The molecule has 2 heteroatoms. The molecule has 17 heavy (non-hydrogen) atoms. The fraction of sp³-hybridized carbons (Fsp3) is 0.600. The molecule has 0 saturated heterocycles. The third-order valence-corrected chi connectivity index (χ3v) is 4.39. The molecule has 1 aromatic rings. The Labute approximate surface area is 110 Å². The molecule has 0 spiro atoms. The summed E-state index contributed by atoms with van der Waals surface area (Å²) in [6.45, 7) is 0. The zero-order valence-corrected chi connectivity index (χ0v) is 11.3. The fourth-order valence-electron chi connectivity index (χ4n) is 2.98. The van der Waals surface area contributed by atoms with Crippen LogP contribution in [-0.4, -0.2) is 13.1 Å². The van der Waals surface area contributed by atoms with E-state index in [9.17, 15) is 0 Å². The molecule has 0 amide bonds. The smallest absolute Gasteiger partial charge is 0.0437 e. The van der Waals surface area contributed by atoms with Crippen LogP contribution in [0.15, 0.2) is 24.3 Å². The second-order valence-corrected chi connectivity index (χ2v) is 5.48. The van der Waals surface area contributed by atoms with E-state index in [1.807, 2.05) is 12.1 Å². The second kappa shape index (κ2) is 6.42. The van der Waals surface area contributed by atoms with Gasteiger partial charge in [-0.3, -0.25) is 0 Å². The van der Waals surface area contributed by atoms with Gasteiger partial charge >= 0.3 is 0 Å². The zero-order chi connectivity index (χ0) is 12.1. The summed E-state index contributed by atoms with van der Waals surface area (Å²) in [6.07, 6.45) is 7.86. The minimum absolute atomic E-state index is 0.714. The van der Waals surface area contributed by atoms with Crippen molar-refractivity contribution in [2.45, 2.75) is 44.6 Å². The molecule has 1 saturated carbocycles. The van der Waals surface area contributed by atoms with Crippen LogP contribution in [0.1, 0.15) is 37.7 Å². The highest BCUT2D eigenvalue weighted by molar-refractivity contribution is 6.31. The molecule has 0 bridgehead atoms. The van der Waals surface area contributed by atoms with Crippen molar-refractivity contribution in [1.29, 1.82) is 0 Å². The highest BCUT2D eigenvalue weighted by atomic mass is 35.5. The number of nitrogens with one attached hydrogen (secondary N) is 1. The Morgan fingerprint density at radius 2 is 2.00 bits per heavy atom. The first kappa shape index (κ1) is 12.9. The van der Waals surface area contributed by atoms with Crippen LogP contribution >= 0.6 is 11.6 Å². The zero-order valence-electron chi connectivity index (χ0n) is 10.6. The molecule has 1 nitrogen and oxygen atoms in total. The first-order valence-electron chi connectivity index (χ1n) is 6.72. The monoisotopic (exact) mass is 251 g/mol. The molecule has 0 heterocycles. The van der Waals surface area contributed by atoms with E-state index < -0.39 is 0 Å². The predicted molar refractivity (Wildman–Crippen MR) is 74.6 cm³/mol. The van der Waals surface area contributed by atoms with Crippen LogP contribution in [0.4, 0.5) is 0 Å². The van der Waals surface area contributed by atoms with Gasteiger partial charge in [0.15, 0.2) is 0 Å². The van der Waals surface area contributed by atoms with Crippen molar-refractivity contribution in [3.63, 3.8) is 0 Å². The average molecular weight is 252 g/mol. The van der Waals surface area contributed by atoms with Crippen LogP contribution in [0.25, 0.3) is 0 Å². The predicted octanol–water partition coefficient (Wildman–Crippen LogP) is 4.05. The Hall–Kier alpha value is -0.530. The molecule has 1 aromatic carbocycles. The molecule has 1 N–H and O–H groups in total. The van der Waals surface area contributed by atoms with E-state index in [-0.39, 0.29) is 0 Å². The van der Waals surface area contributed by atoms with Crippen molar-refractivity contribution in [1.82, 2.24) is 5.32 Å². The molecule has 2 unspecified atom stereocenters. The number of aryl methyl sites for hydroxylation is 1. The Morgan fingerprint density at radius 1 is 1.24 bits per heavy atom. The van der Waals surface area contributed by atoms with E-state index in [0.717, 1.165) is 17.4 Å². The van der Waals surface area contributed by atoms with Crippen LogP contribution < -0.4 is 5.32 Å². The van der Waals surface area contributed by atoms with Crippen molar-refractivity contribution in [2.24, 2.45) is 5.92 Å². The number of benzene rings is 1. The maximum Gasteiger partial charge on any atom is 0.0437 e. The minimum atomic E-state index is 0.714. The van der Waals surface area contributed by atoms with E-state index in [2.05, 4.69) is 24.5 Å². The van der Waals surface area contributed by atoms with Gasteiger partial charge in [0, 0.05) is 11.1 Å². The molecule has 1 fully saturated rings. The van der Waals surface area contributed by atoms with Gasteiger partial charge in [0.05, 0.1) is 0 Å². The number of hydrogen-bond donors (Lipinski definition) is 1. The highest BCUT2D eigenvalue weighted by Crippen LogP contribution is 2.29. The van der Waals surface area contributed by atoms with E-state index in [4.69, 9.17) is 11.6 Å². The lowest BCUT2D eigenvalue weighted by Gasteiger charge is -2.31. The molecule has 2 rings (SSSR count). The number of hydrogen-bond acceptors (Lipinski definition) is 1. The summed E-state index contributed by atoms with van der Waals surface area (Å²) < 4.78 is 0. The number of rotatable bonds is 4. The summed E-state index contributed by atoms with van der Waals surface area (Å²) in [7, 11) is 2.10. The summed E-state index contributed by atoms with van der Waals surface area (Å²) in [6, 6.07) is 8.94. The standard InChI is InChI=1S/C15H22ClN/c1-17-15-9-5-3-7-13(15)11-10-12-6-2-4-8-14(12)16/h2,4,6,8,13,15,17H,3,5,7,9-11H2,1H3. The SMILES string of the molecule is CNC1CCCCC1CCc1ccccc1Cl. The van der Waals surface area contributed by atoms with E-state index >= 15 is 0 Å². The number of halogens is 1. The van der Waals surface area contributed by atoms with Crippen LogP contribution in [0.3, 0.4) is 0 Å². The van der Waals surface area contributed by atoms with Crippen LogP contribution in [0.5, 0.6) is 0 Å². The van der Waals surface area contributed by atoms with E-state index in [1.165, 1.54) is 37.7 Å². The quantitative estimate of drug-likeness (QED) is 0.851. The van der Waals surface area contributed by atoms with Crippen LogP contribution in [0, 0.1) is 5.92 Å². The third-order valence-electron chi connectivity index (χ3n) is 4.02. The summed E-state index contributed by atoms with van der Waals surface area (Å²) in [5, 5.41) is 4.39. The maximum atomic E-state index is 6.20. The Morgan fingerprint density at radius 3 is 2.76 bits per heavy atom. The molecular weight excluding hydrogens is 230 g/mol. The fourth-order valence-corrected chi connectivity index (χ4v) is 3.21. The lowest BCUT2D eigenvalue weighted by Crippen LogP contribution is -2.36. The molecule has 1 aliphatic carbocycles. The lowest BCUT2D eigenvalue weighted by atomic mass is 9.81. The van der Waals surface area contributed by atoms with Gasteiger partial charge in [0.2, 0.25) is 0 Å². The normalized spacial score (nSPS) is 24.8. The molecule has 0 radical (unpaired) electrons. The lowest BCUT2D eigenvalue weighted by molar-refractivity contribution is 0.260. The minimum Gasteiger partial charge on any atom is -0.317 e. The van der Waals surface area contributed by atoms with Crippen LogP contribution in [-0.2, 0) is 6.42 Å². The second-order valence-electron chi connectivity index (χ2n) is 5.07. The summed E-state index contributed by atoms with van der Waals surface area (Å²) in [5.74, 6) is 0.824. The molecule has 94 valence electrons. The Balaban J connectivity index is 1.90. The Bertz CT molecular complexity index is 351. The van der Waals surface area contributed by atoms with Crippen LogP contribution in [0.2, 0.25) is 5.02 Å². The van der Waals surface area contributed by atoms with Crippen molar-refractivity contribution >= 4 is 11.6 Å². The first-order chi connectivity index (χ1) is 8.31. The van der Waals surface area contributed by atoms with Gasteiger partial charge in [-0.1, -0.05) is 42.6 Å². The van der Waals surface area contributed by atoms with Crippen molar-refractivity contribution in [2.75, 3.05) is 7.05 Å². The third kappa shape index (κ3) is 3.46. The summed E-state index contributed by atoms with van der Waals surface area (Å²) >= 11 is 6.20. The van der Waals surface area contributed by atoms with Gasteiger partial charge in [-0.15, -0.1) is 0 Å². The molecule has 0 aromatic heterocycles. The van der Waals surface area contributed by atoms with Crippen molar-refractivity contribution < 1.29 is 0 Å².